The minimum absolute atomic E-state index is 0.0983. The summed E-state index contributed by atoms with van der Waals surface area (Å²) in [5.41, 5.74) is 7.47. The van der Waals surface area contributed by atoms with Crippen LogP contribution in [0, 0.1) is 6.92 Å². The Hall–Kier alpha value is -5.55. The first-order valence-electron chi connectivity index (χ1n) is 13.0. The number of nitrogens with one attached hydrogen (secondary N) is 1. The van der Waals surface area contributed by atoms with Gasteiger partial charge in [-0.2, -0.15) is 38.0 Å². The zero-order chi connectivity index (χ0) is 31.3. The van der Waals surface area contributed by atoms with Gasteiger partial charge in [0.1, 0.15) is 24.6 Å². The first kappa shape index (κ1) is 28.6. The number of amides is 3. The number of nitrogens with zero attached hydrogens (tertiary/aromatic N) is 9. The van der Waals surface area contributed by atoms with E-state index in [4.69, 9.17) is 5.73 Å². The van der Waals surface area contributed by atoms with Gasteiger partial charge in [0.05, 0.1) is 24.5 Å². The molecule has 18 heteroatoms. The summed E-state index contributed by atoms with van der Waals surface area (Å²) in [4.78, 5) is 47.2. The number of halogens is 4. The molecule has 0 bridgehead atoms. The second-order valence-corrected chi connectivity index (χ2v) is 10.0. The van der Waals surface area contributed by atoms with Crippen LogP contribution in [0.25, 0.3) is 27.8 Å². The number of aryl methyl sites for hydroxylation is 1. The number of fused-ring (bicyclic) bond motifs is 2. The molecule has 14 nitrogen and oxygen atoms in total. The molecule has 1 saturated heterocycles. The number of likely N-dealkylation sites (tertiary alicyclic amines) is 1. The molecule has 1 aliphatic heterocycles. The SMILES string of the molecule is Cc1cc(NC(=O)[C@@H]2C[C@@H](F)CN2C(=O)Cn2nc(C(N)=O)c3cc(-c4ccnnc4)ccc32)n2nc(C(F)(F)F)nc2n1. The Morgan fingerprint density at radius 2 is 1.86 bits per heavy atom. The van der Waals surface area contributed by atoms with Gasteiger partial charge in [0.15, 0.2) is 5.69 Å². The quantitative estimate of drug-likeness (QED) is 0.271. The monoisotopic (exact) mass is 611 g/mol. The predicted octanol–water partition coefficient (Wildman–Crippen LogP) is 1.93. The van der Waals surface area contributed by atoms with Crippen LogP contribution < -0.4 is 11.1 Å². The number of aromatic nitrogens is 8. The van der Waals surface area contributed by atoms with E-state index in [-0.39, 0.29) is 23.6 Å². The van der Waals surface area contributed by atoms with Crippen molar-refractivity contribution < 1.29 is 31.9 Å². The van der Waals surface area contributed by atoms with Gasteiger partial charge in [-0.3, -0.25) is 19.1 Å². The lowest BCUT2D eigenvalue weighted by Gasteiger charge is -2.23. The highest BCUT2D eigenvalue weighted by atomic mass is 19.4. The average molecular weight is 612 g/mol. The predicted molar refractivity (Wildman–Crippen MR) is 143 cm³/mol. The molecule has 3 N–H and O–H groups in total. The molecule has 1 aliphatic rings. The standard InChI is InChI=1S/C26H21F4N11O3/c1-12-6-19(41-25(34-12)36-24(38-41)26(28,29)30)35-23(44)18-8-15(27)10-39(18)20(42)11-40-17-3-2-13(14-4-5-32-33-9-14)7-16(17)21(37-40)22(31)43/h2-7,9,15,18H,8,10-11H2,1H3,(H2,31,43)(H,35,44)/t15-,18+/m1/s1. The number of alkyl halides is 4. The van der Waals surface area contributed by atoms with Gasteiger partial charge in [0.25, 0.3) is 17.5 Å². The number of nitrogens with two attached hydrogens (primary N) is 1. The Bertz CT molecular complexity index is 1940. The Balaban J connectivity index is 1.27. The molecule has 0 saturated carbocycles. The van der Waals surface area contributed by atoms with Gasteiger partial charge in [-0.1, -0.05) is 6.07 Å². The summed E-state index contributed by atoms with van der Waals surface area (Å²) in [5.74, 6) is -4.44. The molecular weight excluding hydrogens is 590 g/mol. The molecule has 0 spiro atoms. The van der Waals surface area contributed by atoms with Crippen molar-refractivity contribution in [3.8, 4) is 11.1 Å². The van der Waals surface area contributed by atoms with E-state index in [9.17, 15) is 31.9 Å². The van der Waals surface area contributed by atoms with Crippen LogP contribution in [0.4, 0.5) is 23.4 Å². The summed E-state index contributed by atoms with van der Waals surface area (Å²) in [7, 11) is 0. The first-order valence-corrected chi connectivity index (χ1v) is 13.0. The third-order valence-corrected chi connectivity index (χ3v) is 7.00. The molecule has 0 aliphatic carbocycles. The van der Waals surface area contributed by atoms with Crippen LogP contribution in [-0.4, -0.2) is 80.9 Å². The van der Waals surface area contributed by atoms with Gasteiger partial charge in [-0.25, -0.2) is 9.37 Å². The highest BCUT2D eigenvalue weighted by Gasteiger charge is 2.41. The average Bonchev–Trinajstić information content (AvgIpc) is 3.68. The van der Waals surface area contributed by atoms with E-state index in [1.807, 2.05) is 0 Å². The van der Waals surface area contributed by atoms with Crippen molar-refractivity contribution in [2.24, 2.45) is 5.73 Å². The smallest absolute Gasteiger partial charge is 0.364 e. The van der Waals surface area contributed by atoms with E-state index in [1.54, 1.807) is 24.3 Å². The van der Waals surface area contributed by atoms with E-state index < -0.39 is 60.8 Å². The lowest BCUT2D eigenvalue weighted by molar-refractivity contribution is -0.144. The van der Waals surface area contributed by atoms with Gasteiger partial charge < -0.3 is 16.0 Å². The molecule has 1 aromatic carbocycles. The maximum atomic E-state index is 14.6. The molecule has 3 amide bonds. The van der Waals surface area contributed by atoms with E-state index in [2.05, 4.69) is 35.7 Å². The number of anilines is 1. The van der Waals surface area contributed by atoms with Crippen LogP contribution in [0.5, 0.6) is 0 Å². The molecule has 6 rings (SSSR count). The zero-order valence-electron chi connectivity index (χ0n) is 22.7. The first-order chi connectivity index (χ1) is 20.9. The molecule has 1 fully saturated rings. The summed E-state index contributed by atoms with van der Waals surface area (Å²) in [6.45, 7) is 0.601. The summed E-state index contributed by atoms with van der Waals surface area (Å²) >= 11 is 0. The minimum Gasteiger partial charge on any atom is -0.364 e. The van der Waals surface area contributed by atoms with Crippen LogP contribution in [0.3, 0.4) is 0 Å². The van der Waals surface area contributed by atoms with Crippen molar-refractivity contribution in [1.82, 2.24) is 44.5 Å². The highest BCUT2D eigenvalue weighted by Crippen LogP contribution is 2.29. The molecule has 226 valence electrons. The number of primary amides is 1. The second-order valence-electron chi connectivity index (χ2n) is 10.0. The maximum Gasteiger partial charge on any atom is 0.453 e. The number of hydrogen-bond donors (Lipinski definition) is 2. The second kappa shape index (κ2) is 10.6. The van der Waals surface area contributed by atoms with Crippen molar-refractivity contribution in [3.05, 3.63) is 59.9 Å². The van der Waals surface area contributed by atoms with Crippen molar-refractivity contribution >= 4 is 40.2 Å². The number of carbonyl (C=O) groups is 3. The Kier molecular flexibility index (Phi) is 6.89. The normalized spacial score (nSPS) is 17.0. The van der Waals surface area contributed by atoms with Crippen molar-refractivity contribution in [1.29, 1.82) is 0 Å². The molecular formula is C26H21F4N11O3. The summed E-state index contributed by atoms with van der Waals surface area (Å²) < 4.78 is 56.1. The number of hydrogen-bond acceptors (Lipinski definition) is 9. The third kappa shape index (κ3) is 5.25. The van der Waals surface area contributed by atoms with Crippen molar-refractivity contribution in [2.45, 2.75) is 38.3 Å². The molecule has 2 atom stereocenters. The molecule has 5 aromatic rings. The van der Waals surface area contributed by atoms with E-state index in [0.29, 0.717) is 26.5 Å². The lowest BCUT2D eigenvalue weighted by Crippen LogP contribution is -2.44. The Morgan fingerprint density at radius 1 is 1.07 bits per heavy atom. The molecule has 4 aromatic heterocycles. The Labute approximate surface area is 243 Å². The van der Waals surface area contributed by atoms with Crippen LogP contribution >= 0.6 is 0 Å². The topological polar surface area (TPSA) is 179 Å². The van der Waals surface area contributed by atoms with Crippen LogP contribution in [0.1, 0.15) is 28.4 Å². The maximum absolute atomic E-state index is 14.6. The molecule has 44 heavy (non-hydrogen) atoms. The van der Waals surface area contributed by atoms with Crippen molar-refractivity contribution in [3.63, 3.8) is 0 Å². The largest absolute Gasteiger partial charge is 0.453 e. The minimum atomic E-state index is -4.86. The van der Waals surface area contributed by atoms with Crippen molar-refractivity contribution in [2.75, 3.05) is 11.9 Å². The Morgan fingerprint density at radius 3 is 2.57 bits per heavy atom. The van der Waals surface area contributed by atoms with Crippen LogP contribution in [0.15, 0.2) is 42.7 Å². The summed E-state index contributed by atoms with van der Waals surface area (Å²) in [6, 6.07) is 6.70. The van der Waals surface area contributed by atoms with E-state index in [0.717, 1.165) is 4.90 Å². The van der Waals surface area contributed by atoms with Crippen LogP contribution in [0.2, 0.25) is 0 Å². The fraction of sp³-hybridized carbons (Fsp3) is 0.269. The zero-order valence-corrected chi connectivity index (χ0v) is 22.7. The fourth-order valence-electron chi connectivity index (χ4n) is 5.06. The lowest BCUT2D eigenvalue weighted by atomic mass is 10.0. The third-order valence-electron chi connectivity index (χ3n) is 7.00. The number of benzene rings is 1. The molecule has 0 unspecified atom stereocenters. The summed E-state index contributed by atoms with van der Waals surface area (Å²) in [5, 5.41) is 18.0. The number of rotatable bonds is 6. The van der Waals surface area contributed by atoms with E-state index >= 15 is 0 Å². The number of carbonyl (C=O) groups excluding carboxylic acids is 3. The van der Waals surface area contributed by atoms with Gasteiger partial charge in [0, 0.05) is 29.1 Å². The summed E-state index contributed by atoms with van der Waals surface area (Å²) in [6.07, 6.45) is -3.74. The molecule has 5 heterocycles. The van der Waals surface area contributed by atoms with Gasteiger partial charge in [0.2, 0.25) is 11.8 Å². The molecule has 0 radical (unpaired) electrons. The van der Waals surface area contributed by atoms with Gasteiger partial charge in [-0.15, -0.1) is 5.10 Å². The van der Waals surface area contributed by atoms with Gasteiger partial charge >= 0.3 is 6.18 Å². The fourth-order valence-corrected chi connectivity index (χ4v) is 5.06. The highest BCUT2D eigenvalue weighted by molar-refractivity contribution is 6.05. The van der Waals surface area contributed by atoms with Crippen LogP contribution in [-0.2, 0) is 22.3 Å². The van der Waals surface area contributed by atoms with Gasteiger partial charge in [-0.05, 0) is 30.7 Å². The van der Waals surface area contributed by atoms with E-state index in [1.165, 1.54) is 30.1 Å².